The maximum Gasteiger partial charge on any atom is 0.115 e. The van der Waals surface area contributed by atoms with Crippen molar-refractivity contribution in [3.63, 3.8) is 0 Å². The first-order valence-corrected chi connectivity index (χ1v) is 5.57. The molecule has 0 fully saturated rings. The highest BCUT2D eigenvalue weighted by Gasteiger charge is 1.75. The zero-order valence-electron chi connectivity index (χ0n) is 10.2. The van der Waals surface area contributed by atoms with Crippen LogP contribution in [0.4, 0.5) is 0 Å². The van der Waals surface area contributed by atoms with Crippen LogP contribution in [0.25, 0.3) is 0 Å². The molecule has 19 heavy (non-hydrogen) atoms. The number of hydrogen-bond donors (Lipinski definition) is 3. The maximum absolute atomic E-state index is 8.63. The quantitative estimate of drug-likeness (QED) is 0.578. The molecule has 0 unspecified atom stereocenters. The molecule has 0 amide bonds. The van der Waals surface area contributed by atoms with Gasteiger partial charge in [-0.15, -0.1) is 0 Å². The van der Waals surface area contributed by atoms with Crippen molar-refractivity contribution >= 4 is 0 Å². The van der Waals surface area contributed by atoms with Crippen molar-refractivity contribution < 1.29 is 10.2 Å². The van der Waals surface area contributed by atoms with Gasteiger partial charge in [-0.05, 0) is 24.3 Å². The second-order valence-corrected chi connectivity index (χ2v) is 3.33. The zero-order valence-corrected chi connectivity index (χ0v) is 10.2. The molecule has 3 aromatic rings. The van der Waals surface area contributed by atoms with Gasteiger partial charge in [0.25, 0.3) is 0 Å². The van der Waals surface area contributed by atoms with E-state index in [0.717, 1.165) is 0 Å². The Kier molecular flexibility index (Phi) is 6.92. The molecule has 0 radical (unpaired) electrons. The molecule has 98 valence electrons. The van der Waals surface area contributed by atoms with Crippen LogP contribution in [0.2, 0.25) is 0 Å². The molecule has 0 aliphatic rings. The molecule has 1 aromatic heterocycles. The van der Waals surface area contributed by atoms with Crippen molar-refractivity contribution in [1.29, 1.82) is 0 Å². The van der Waals surface area contributed by atoms with Crippen LogP contribution in [0, 0.1) is 0 Å². The highest BCUT2D eigenvalue weighted by Crippen LogP contribution is 2.03. The fourth-order valence-corrected chi connectivity index (χ4v) is 1.02. The van der Waals surface area contributed by atoms with Gasteiger partial charge in [-0.25, -0.2) is 0 Å². The summed E-state index contributed by atoms with van der Waals surface area (Å²) in [6.45, 7) is 0. The van der Waals surface area contributed by atoms with E-state index in [9.17, 15) is 0 Å². The second kappa shape index (κ2) is 9.23. The Balaban J connectivity index is 0.000000145. The standard InChI is InChI=1S/2C6H6O.C2H3N3/c2*7-6-4-2-1-3-5-6;1-2-4-5-3-1/h2*1-5,7H;1-2H,(H,3,4,5). The summed E-state index contributed by atoms with van der Waals surface area (Å²) in [6.07, 6.45) is 3.17. The van der Waals surface area contributed by atoms with E-state index in [1.807, 2.05) is 12.1 Å². The van der Waals surface area contributed by atoms with Crippen LogP contribution >= 0.6 is 0 Å². The summed E-state index contributed by atoms with van der Waals surface area (Å²) in [5.74, 6) is 0.644. The molecule has 2 aromatic carbocycles. The molecule has 0 aliphatic heterocycles. The molecule has 0 spiro atoms. The summed E-state index contributed by atoms with van der Waals surface area (Å²) in [4.78, 5) is 0. The average molecular weight is 257 g/mol. The third-order valence-corrected chi connectivity index (χ3v) is 1.84. The molecule has 0 atom stereocenters. The molecular formula is C14H15N3O2. The third kappa shape index (κ3) is 7.98. The largest absolute Gasteiger partial charge is 0.508 e. The van der Waals surface area contributed by atoms with Gasteiger partial charge in [0.15, 0.2) is 0 Å². The molecule has 3 N–H and O–H groups in total. The molecule has 3 rings (SSSR count). The smallest absolute Gasteiger partial charge is 0.115 e. The minimum absolute atomic E-state index is 0.322. The summed E-state index contributed by atoms with van der Waals surface area (Å²) >= 11 is 0. The summed E-state index contributed by atoms with van der Waals surface area (Å²) in [5.41, 5.74) is 0. The van der Waals surface area contributed by atoms with Crippen LogP contribution in [-0.4, -0.2) is 25.6 Å². The Hall–Kier alpha value is -2.82. The second-order valence-electron chi connectivity index (χ2n) is 3.33. The Morgan fingerprint density at radius 1 is 0.632 bits per heavy atom. The molecule has 0 saturated carbocycles. The lowest BCUT2D eigenvalue weighted by atomic mass is 10.3. The normalized spacial score (nSPS) is 8.42. The van der Waals surface area contributed by atoms with E-state index in [1.165, 1.54) is 0 Å². The number of nitrogens with zero attached hydrogens (tertiary/aromatic N) is 2. The number of aromatic amines is 1. The van der Waals surface area contributed by atoms with Crippen molar-refractivity contribution in [2.24, 2.45) is 0 Å². The molecule has 1 heterocycles. The minimum Gasteiger partial charge on any atom is -0.508 e. The zero-order chi connectivity index (χ0) is 13.8. The highest BCUT2D eigenvalue weighted by molar-refractivity contribution is 5.19. The average Bonchev–Trinajstić information content (AvgIpc) is 3.00. The van der Waals surface area contributed by atoms with Crippen molar-refractivity contribution in [2.75, 3.05) is 0 Å². The van der Waals surface area contributed by atoms with Crippen molar-refractivity contribution in [3.05, 3.63) is 73.1 Å². The summed E-state index contributed by atoms with van der Waals surface area (Å²) in [7, 11) is 0. The third-order valence-electron chi connectivity index (χ3n) is 1.84. The van der Waals surface area contributed by atoms with Gasteiger partial charge in [-0.1, -0.05) is 36.4 Å². The van der Waals surface area contributed by atoms with E-state index in [2.05, 4.69) is 15.4 Å². The van der Waals surface area contributed by atoms with E-state index in [1.54, 1.807) is 60.9 Å². The Bertz CT molecular complexity index is 458. The van der Waals surface area contributed by atoms with Crippen molar-refractivity contribution in [2.45, 2.75) is 0 Å². The first-order chi connectivity index (χ1) is 9.29. The lowest BCUT2D eigenvalue weighted by Crippen LogP contribution is -1.61. The molecule has 0 saturated heterocycles. The van der Waals surface area contributed by atoms with Crippen LogP contribution in [-0.2, 0) is 0 Å². The van der Waals surface area contributed by atoms with Gasteiger partial charge >= 0.3 is 0 Å². The molecule has 0 aliphatic carbocycles. The summed E-state index contributed by atoms with van der Waals surface area (Å²) < 4.78 is 0. The van der Waals surface area contributed by atoms with Gasteiger partial charge in [0.1, 0.15) is 11.5 Å². The Morgan fingerprint density at radius 2 is 1.00 bits per heavy atom. The number of H-pyrrole nitrogens is 1. The number of para-hydroxylation sites is 2. The molecule has 0 bridgehead atoms. The first-order valence-electron chi connectivity index (χ1n) is 5.57. The molecule has 5 heteroatoms. The van der Waals surface area contributed by atoms with Gasteiger partial charge in [0.05, 0.1) is 12.4 Å². The maximum atomic E-state index is 8.63. The Labute approximate surface area is 111 Å². The van der Waals surface area contributed by atoms with Gasteiger partial charge in [0, 0.05) is 0 Å². The molecular weight excluding hydrogens is 242 g/mol. The fourth-order valence-electron chi connectivity index (χ4n) is 1.02. The number of aromatic nitrogens is 3. The predicted octanol–water partition coefficient (Wildman–Crippen LogP) is 2.59. The van der Waals surface area contributed by atoms with E-state index < -0.39 is 0 Å². The molecule has 5 nitrogen and oxygen atoms in total. The van der Waals surface area contributed by atoms with Gasteiger partial charge < -0.3 is 10.2 Å². The van der Waals surface area contributed by atoms with Crippen molar-refractivity contribution in [3.8, 4) is 11.5 Å². The number of benzene rings is 2. The Morgan fingerprint density at radius 3 is 1.16 bits per heavy atom. The predicted molar refractivity (Wildman–Crippen MR) is 72.6 cm³/mol. The number of rotatable bonds is 0. The van der Waals surface area contributed by atoms with Crippen LogP contribution in [0.5, 0.6) is 11.5 Å². The number of hydrogen-bond acceptors (Lipinski definition) is 4. The van der Waals surface area contributed by atoms with Gasteiger partial charge in [-0.3, -0.25) is 0 Å². The lowest BCUT2D eigenvalue weighted by Gasteiger charge is -1.82. The van der Waals surface area contributed by atoms with Gasteiger partial charge in [-0.2, -0.15) is 15.4 Å². The first kappa shape index (κ1) is 14.2. The number of phenolic OH excluding ortho intramolecular Hbond substituents is 2. The fraction of sp³-hybridized carbons (Fsp3) is 0. The van der Waals surface area contributed by atoms with Crippen LogP contribution in [0.3, 0.4) is 0 Å². The van der Waals surface area contributed by atoms with Gasteiger partial charge in [0.2, 0.25) is 0 Å². The topological polar surface area (TPSA) is 82.0 Å². The van der Waals surface area contributed by atoms with Crippen molar-refractivity contribution in [1.82, 2.24) is 15.4 Å². The van der Waals surface area contributed by atoms with Crippen LogP contribution in [0.1, 0.15) is 0 Å². The van der Waals surface area contributed by atoms with Crippen LogP contribution < -0.4 is 0 Å². The summed E-state index contributed by atoms with van der Waals surface area (Å²) in [6, 6.07) is 17.4. The number of nitrogens with one attached hydrogen (secondary N) is 1. The number of aromatic hydroxyl groups is 2. The lowest BCUT2D eigenvalue weighted by molar-refractivity contribution is 0.475. The van der Waals surface area contributed by atoms with Crippen LogP contribution in [0.15, 0.2) is 73.1 Å². The SMILES string of the molecule is Oc1ccccc1.Oc1ccccc1.c1cn[nH]n1. The highest BCUT2D eigenvalue weighted by atomic mass is 16.3. The number of phenols is 2. The van der Waals surface area contributed by atoms with E-state index in [4.69, 9.17) is 10.2 Å². The summed E-state index contributed by atoms with van der Waals surface area (Å²) in [5, 5.41) is 26.6. The monoisotopic (exact) mass is 257 g/mol. The minimum atomic E-state index is 0.322. The van der Waals surface area contributed by atoms with E-state index in [-0.39, 0.29) is 0 Å². The van der Waals surface area contributed by atoms with E-state index >= 15 is 0 Å². The van der Waals surface area contributed by atoms with E-state index in [0.29, 0.717) is 11.5 Å².